The molecule has 0 amide bonds. The van der Waals surface area contributed by atoms with E-state index in [4.69, 9.17) is 0 Å². The van der Waals surface area contributed by atoms with Crippen molar-refractivity contribution in [2.45, 2.75) is 19.4 Å². The predicted molar refractivity (Wildman–Crippen MR) is 72.0 cm³/mol. The lowest BCUT2D eigenvalue weighted by atomic mass is 10.1. The minimum atomic E-state index is -0.499. The second-order valence-corrected chi connectivity index (χ2v) is 4.62. The minimum absolute atomic E-state index is 0.499. The molecule has 2 aromatic rings. The number of pyridine rings is 1. The van der Waals surface area contributed by atoms with Gasteiger partial charge in [0.1, 0.15) is 5.82 Å². The number of aliphatic hydroxyl groups is 1. The number of anilines is 2. The summed E-state index contributed by atoms with van der Waals surface area (Å²) in [6.07, 6.45) is 2.31. The van der Waals surface area contributed by atoms with Crippen LogP contribution in [0.2, 0.25) is 0 Å². The number of benzene rings is 1. The Morgan fingerprint density at radius 1 is 1.22 bits per heavy atom. The van der Waals surface area contributed by atoms with Crippen LogP contribution in [0, 0.1) is 0 Å². The zero-order valence-electron chi connectivity index (χ0n) is 10.4. The average Bonchev–Trinajstić information content (AvgIpc) is 2.82. The van der Waals surface area contributed by atoms with E-state index in [1.54, 1.807) is 13.1 Å². The van der Waals surface area contributed by atoms with E-state index in [1.807, 2.05) is 18.2 Å². The Labute approximate surface area is 107 Å². The highest BCUT2D eigenvalue weighted by Gasteiger charge is 2.23. The van der Waals surface area contributed by atoms with E-state index < -0.39 is 6.10 Å². The molecule has 3 nitrogen and oxygen atoms in total. The van der Waals surface area contributed by atoms with E-state index in [2.05, 4.69) is 28.1 Å². The molecule has 1 aromatic heterocycles. The van der Waals surface area contributed by atoms with E-state index in [0.717, 1.165) is 24.3 Å². The van der Waals surface area contributed by atoms with Gasteiger partial charge in [0.2, 0.25) is 0 Å². The van der Waals surface area contributed by atoms with Crippen LogP contribution in [0.25, 0.3) is 0 Å². The van der Waals surface area contributed by atoms with Crippen LogP contribution in [0.1, 0.15) is 24.2 Å². The average molecular weight is 240 g/mol. The number of hydrogen-bond acceptors (Lipinski definition) is 3. The Hall–Kier alpha value is -1.87. The molecule has 92 valence electrons. The molecule has 0 bridgehead atoms. The van der Waals surface area contributed by atoms with Crippen LogP contribution >= 0.6 is 0 Å². The predicted octanol–water partition coefficient (Wildman–Crippen LogP) is 2.83. The third-order valence-corrected chi connectivity index (χ3v) is 3.41. The molecule has 2 heterocycles. The summed E-state index contributed by atoms with van der Waals surface area (Å²) in [5.74, 6) is 0.873. The topological polar surface area (TPSA) is 36.4 Å². The van der Waals surface area contributed by atoms with Crippen molar-refractivity contribution in [1.29, 1.82) is 0 Å². The van der Waals surface area contributed by atoms with Gasteiger partial charge in [-0.3, -0.25) is 0 Å². The molecule has 0 unspecified atom stereocenters. The Balaban J connectivity index is 2.08. The van der Waals surface area contributed by atoms with Crippen molar-refractivity contribution in [2.24, 2.45) is 0 Å². The van der Waals surface area contributed by atoms with Gasteiger partial charge in [0.05, 0.1) is 6.10 Å². The first kappa shape index (κ1) is 11.2. The molecule has 3 heteroatoms. The van der Waals surface area contributed by atoms with Crippen molar-refractivity contribution in [1.82, 2.24) is 4.98 Å². The highest BCUT2D eigenvalue weighted by molar-refractivity contribution is 5.69. The van der Waals surface area contributed by atoms with E-state index >= 15 is 0 Å². The van der Waals surface area contributed by atoms with Crippen molar-refractivity contribution in [2.75, 3.05) is 11.4 Å². The van der Waals surface area contributed by atoms with E-state index in [-0.39, 0.29) is 0 Å². The minimum Gasteiger partial charge on any atom is -0.389 e. The van der Waals surface area contributed by atoms with E-state index in [9.17, 15) is 5.11 Å². The molecule has 0 saturated heterocycles. The number of para-hydroxylation sites is 1. The van der Waals surface area contributed by atoms with Crippen molar-refractivity contribution in [3.8, 4) is 0 Å². The third kappa shape index (κ3) is 1.77. The lowest BCUT2D eigenvalue weighted by molar-refractivity contribution is 0.199. The van der Waals surface area contributed by atoms with Crippen LogP contribution in [0.3, 0.4) is 0 Å². The largest absolute Gasteiger partial charge is 0.389 e. The number of aliphatic hydroxyl groups excluding tert-OH is 1. The van der Waals surface area contributed by atoms with Crippen LogP contribution in [0.5, 0.6) is 0 Å². The normalized spacial score (nSPS) is 15.6. The molecule has 0 radical (unpaired) electrons. The number of aromatic nitrogens is 1. The number of nitrogens with zero attached hydrogens (tertiary/aromatic N) is 2. The van der Waals surface area contributed by atoms with Crippen molar-refractivity contribution in [3.63, 3.8) is 0 Å². The SMILES string of the molecule is C[C@@H](O)c1cccnc1N1CCc2ccccc21. The third-order valence-electron chi connectivity index (χ3n) is 3.41. The molecule has 1 aliphatic heterocycles. The highest BCUT2D eigenvalue weighted by atomic mass is 16.3. The van der Waals surface area contributed by atoms with Gasteiger partial charge in [-0.15, -0.1) is 0 Å². The number of rotatable bonds is 2. The van der Waals surface area contributed by atoms with Crippen LogP contribution in [0.4, 0.5) is 11.5 Å². The van der Waals surface area contributed by atoms with Gasteiger partial charge in [0.15, 0.2) is 0 Å². The molecule has 1 aromatic carbocycles. The fraction of sp³-hybridized carbons (Fsp3) is 0.267. The van der Waals surface area contributed by atoms with Gasteiger partial charge in [0.25, 0.3) is 0 Å². The maximum Gasteiger partial charge on any atom is 0.138 e. The lowest BCUT2D eigenvalue weighted by Gasteiger charge is -2.22. The van der Waals surface area contributed by atoms with Crippen LogP contribution in [-0.4, -0.2) is 16.6 Å². The summed E-state index contributed by atoms with van der Waals surface area (Å²) in [4.78, 5) is 6.64. The Morgan fingerprint density at radius 3 is 2.89 bits per heavy atom. The van der Waals surface area contributed by atoms with Gasteiger partial charge >= 0.3 is 0 Å². The molecule has 1 aliphatic rings. The van der Waals surface area contributed by atoms with Crippen LogP contribution in [0.15, 0.2) is 42.6 Å². The van der Waals surface area contributed by atoms with Crippen LogP contribution in [-0.2, 0) is 6.42 Å². The fourth-order valence-corrected chi connectivity index (χ4v) is 2.52. The molecule has 0 aliphatic carbocycles. The maximum atomic E-state index is 9.85. The molecule has 1 N–H and O–H groups in total. The first-order valence-corrected chi connectivity index (χ1v) is 6.26. The Bertz CT molecular complexity index is 566. The molecule has 3 rings (SSSR count). The molecular formula is C15H16N2O. The molecule has 0 fully saturated rings. The van der Waals surface area contributed by atoms with E-state index in [1.165, 1.54) is 11.3 Å². The van der Waals surface area contributed by atoms with Crippen LogP contribution < -0.4 is 4.90 Å². The smallest absolute Gasteiger partial charge is 0.138 e. The Kier molecular flexibility index (Phi) is 2.76. The highest BCUT2D eigenvalue weighted by Crippen LogP contribution is 2.36. The van der Waals surface area contributed by atoms with Gasteiger partial charge < -0.3 is 10.0 Å². The summed E-state index contributed by atoms with van der Waals surface area (Å²) in [5.41, 5.74) is 3.44. The summed E-state index contributed by atoms with van der Waals surface area (Å²) in [5, 5.41) is 9.85. The lowest BCUT2D eigenvalue weighted by Crippen LogP contribution is -2.17. The second-order valence-electron chi connectivity index (χ2n) is 4.62. The van der Waals surface area contributed by atoms with E-state index in [0.29, 0.717) is 0 Å². The van der Waals surface area contributed by atoms with Crippen molar-refractivity contribution < 1.29 is 5.11 Å². The first-order valence-electron chi connectivity index (χ1n) is 6.26. The summed E-state index contributed by atoms with van der Waals surface area (Å²) in [6.45, 7) is 2.71. The van der Waals surface area contributed by atoms with Gasteiger partial charge in [-0.05, 0) is 31.0 Å². The molecule has 18 heavy (non-hydrogen) atoms. The molecular weight excluding hydrogens is 224 g/mol. The monoisotopic (exact) mass is 240 g/mol. The molecule has 1 atom stereocenters. The second kappa shape index (κ2) is 4.42. The first-order chi connectivity index (χ1) is 8.77. The zero-order valence-corrected chi connectivity index (χ0v) is 10.4. The Morgan fingerprint density at radius 2 is 2.06 bits per heavy atom. The van der Waals surface area contributed by atoms with Gasteiger partial charge in [-0.2, -0.15) is 0 Å². The fourth-order valence-electron chi connectivity index (χ4n) is 2.52. The number of fused-ring (bicyclic) bond motifs is 1. The maximum absolute atomic E-state index is 9.85. The zero-order chi connectivity index (χ0) is 12.5. The van der Waals surface area contributed by atoms with Gasteiger partial charge in [0, 0.05) is 24.0 Å². The summed E-state index contributed by atoms with van der Waals surface area (Å²) >= 11 is 0. The summed E-state index contributed by atoms with van der Waals surface area (Å²) in [7, 11) is 0. The van der Waals surface area contributed by atoms with Crippen molar-refractivity contribution in [3.05, 3.63) is 53.7 Å². The molecule has 0 spiro atoms. The molecule has 0 saturated carbocycles. The van der Waals surface area contributed by atoms with Crippen molar-refractivity contribution >= 4 is 11.5 Å². The standard InChI is InChI=1S/C15H16N2O/c1-11(18)13-6-4-9-16-15(13)17-10-8-12-5-2-3-7-14(12)17/h2-7,9,11,18H,8,10H2,1H3/t11-/m1/s1. The van der Waals surface area contributed by atoms with Gasteiger partial charge in [-0.1, -0.05) is 24.3 Å². The summed E-state index contributed by atoms with van der Waals surface area (Å²) in [6, 6.07) is 12.2. The van der Waals surface area contributed by atoms with Gasteiger partial charge in [-0.25, -0.2) is 4.98 Å². The quantitative estimate of drug-likeness (QED) is 0.877. The summed E-state index contributed by atoms with van der Waals surface area (Å²) < 4.78 is 0. The number of hydrogen-bond donors (Lipinski definition) is 1.